The van der Waals surface area contributed by atoms with Crippen molar-refractivity contribution in [2.24, 2.45) is 0 Å². The molecule has 0 fully saturated rings. The van der Waals surface area contributed by atoms with Gasteiger partial charge in [0.15, 0.2) is 0 Å². The Morgan fingerprint density at radius 1 is 0.464 bits per heavy atom. The third-order valence-electron chi connectivity index (χ3n) is 2.48. The topological polar surface area (TPSA) is 69.9 Å². The fourth-order valence-corrected chi connectivity index (χ4v) is 1.70. The number of hydrogen-bond donors (Lipinski definition) is 3. The third kappa shape index (κ3) is 17.3. The second kappa shape index (κ2) is 18.2. The average Bonchev–Trinajstić information content (AvgIpc) is 2.64. The van der Waals surface area contributed by atoms with Crippen molar-refractivity contribution in [3.8, 4) is 17.2 Å². The standard InChI is InChI=1S/3C6H5ClO.Cl2O.W/c3*7-5-1-3-6(8)4-2-5;1-3-2;/h3*1-4,8H;;. The van der Waals surface area contributed by atoms with E-state index in [1.54, 1.807) is 72.8 Å². The molecule has 28 heavy (non-hydrogen) atoms. The molecule has 3 N–H and O–H groups in total. The predicted molar refractivity (Wildman–Crippen MR) is 112 cm³/mol. The van der Waals surface area contributed by atoms with Gasteiger partial charge >= 0.3 is 0 Å². The Kier molecular flexibility index (Phi) is 19.1. The molecular formula is C18H15Cl5O4W. The van der Waals surface area contributed by atoms with Crippen LogP contribution in [-0.2, 0) is 24.9 Å². The first-order valence-electron chi connectivity index (χ1n) is 7.01. The Balaban J connectivity index is 0. The van der Waals surface area contributed by atoms with E-state index in [4.69, 9.17) is 50.1 Å². The van der Waals surface area contributed by atoms with Gasteiger partial charge in [-0.15, -0.1) is 0 Å². The van der Waals surface area contributed by atoms with Crippen LogP contribution in [0.1, 0.15) is 0 Å². The van der Waals surface area contributed by atoms with E-state index in [1.165, 1.54) is 0 Å². The molecule has 3 aromatic carbocycles. The van der Waals surface area contributed by atoms with Gasteiger partial charge in [0.05, 0.1) is 23.7 Å². The largest absolute Gasteiger partial charge is 0.508 e. The van der Waals surface area contributed by atoms with Gasteiger partial charge in [0.2, 0.25) is 0 Å². The number of hydrogen-bond acceptors (Lipinski definition) is 4. The second-order valence-corrected chi connectivity index (χ2v) is 6.26. The minimum Gasteiger partial charge on any atom is -0.508 e. The van der Waals surface area contributed by atoms with Crippen molar-refractivity contribution in [2.45, 2.75) is 0 Å². The van der Waals surface area contributed by atoms with Gasteiger partial charge in [0.25, 0.3) is 0 Å². The van der Waals surface area contributed by atoms with E-state index < -0.39 is 0 Å². The number of benzene rings is 3. The normalized spacial score (nSPS) is 8.46. The maximum atomic E-state index is 8.70. The van der Waals surface area contributed by atoms with Crippen molar-refractivity contribution < 1.29 is 40.2 Å². The molecule has 3 aromatic rings. The summed E-state index contributed by atoms with van der Waals surface area (Å²) in [5.74, 6) is 0.734. The van der Waals surface area contributed by atoms with Gasteiger partial charge in [0.1, 0.15) is 17.2 Å². The van der Waals surface area contributed by atoms with E-state index in [9.17, 15) is 0 Å². The molecule has 0 aliphatic heterocycles. The molecule has 0 bridgehead atoms. The predicted octanol–water partition coefficient (Wildman–Crippen LogP) is 7.44. The zero-order valence-electron chi connectivity index (χ0n) is 14.0. The summed E-state index contributed by atoms with van der Waals surface area (Å²) in [5.41, 5.74) is 0. The monoisotopic (exact) mass is 654 g/mol. The molecule has 0 spiro atoms. The summed E-state index contributed by atoms with van der Waals surface area (Å²) >= 11 is 25.0. The number of phenolic OH excluding ortho intramolecular Hbond substituents is 3. The molecular weight excluding hydrogens is 641 g/mol. The average molecular weight is 656 g/mol. The maximum absolute atomic E-state index is 8.70. The first kappa shape index (κ1) is 29.4. The second-order valence-electron chi connectivity index (χ2n) is 4.49. The van der Waals surface area contributed by atoms with Crippen molar-refractivity contribution in [1.82, 2.24) is 0 Å². The van der Waals surface area contributed by atoms with E-state index in [2.05, 4.69) is 27.6 Å². The molecule has 0 aliphatic carbocycles. The number of halogens is 5. The summed E-state index contributed by atoms with van der Waals surface area (Å²) in [5, 5.41) is 28.0. The Hall–Kier alpha value is -0.842. The molecule has 0 heterocycles. The van der Waals surface area contributed by atoms with Crippen molar-refractivity contribution in [1.29, 1.82) is 0 Å². The number of rotatable bonds is 0. The molecule has 0 saturated heterocycles. The zero-order chi connectivity index (χ0) is 20.7. The summed E-state index contributed by atoms with van der Waals surface area (Å²) in [7, 11) is 0. The Labute approximate surface area is 202 Å². The van der Waals surface area contributed by atoms with Gasteiger partial charge < -0.3 is 15.3 Å². The maximum Gasteiger partial charge on any atom is 0.115 e. The fraction of sp³-hybridized carbons (Fsp3) is 0. The van der Waals surface area contributed by atoms with Crippen LogP contribution in [-0.4, -0.2) is 15.3 Å². The van der Waals surface area contributed by atoms with Gasteiger partial charge in [-0.2, -0.15) is 3.84 Å². The van der Waals surface area contributed by atoms with Crippen LogP contribution in [0.4, 0.5) is 0 Å². The first-order chi connectivity index (χ1) is 12.8. The number of phenols is 3. The fourth-order valence-electron chi connectivity index (χ4n) is 1.32. The number of aromatic hydroxyl groups is 3. The van der Waals surface area contributed by atoms with Crippen molar-refractivity contribution in [2.75, 3.05) is 0 Å². The van der Waals surface area contributed by atoms with Crippen molar-refractivity contribution >= 4 is 58.5 Å². The van der Waals surface area contributed by atoms with Crippen LogP contribution in [0.15, 0.2) is 72.8 Å². The van der Waals surface area contributed by atoms with Gasteiger partial charge in [-0.25, -0.2) is 0 Å². The quantitative estimate of drug-likeness (QED) is 0.235. The van der Waals surface area contributed by atoms with Crippen LogP contribution in [0.2, 0.25) is 15.1 Å². The molecule has 0 unspecified atom stereocenters. The molecule has 0 amide bonds. The molecule has 10 heteroatoms. The third-order valence-corrected chi connectivity index (χ3v) is 3.24. The van der Waals surface area contributed by atoms with Crippen molar-refractivity contribution in [3.05, 3.63) is 87.9 Å². The Morgan fingerprint density at radius 2 is 0.607 bits per heavy atom. The SMILES string of the molecule is ClOCl.Oc1ccc(Cl)cc1.Oc1ccc(Cl)cc1.Oc1ccc(Cl)cc1.[W]. The van der Waals surface area contributed by atoms with E-state index in [1.807, 2.05) is 0 Å². The molecule has 3 rings (SSSR count). The van der Waals surface area contributed by atoms with Crippen LogP contribution < -0.4 is 0 Å². The van der Waals surface area contributed by atoms with Crippen LogP contribution in [0.5, 0.6) is 17.2 Å². The Bertz CT molecular complexity index is 575. The van der Waals surface area contributed by atoms with Gasteiger partial charge in [-0.05, 0) is 72.8 Å². The smallest absolute Gasteiger partial charge is 0.115 e. The van der Waals surface area contributed by atoms with Crippen LogP contribution in [0.3, 0.4) is 0 Å². The molecule has 0 aliphatic rings. The summed E-state index contributed by atoms with van der Waals surface area (Å²) in [6.07, 6.45) is 0. The molecule has 152 valence electrons. The van der Waals surface area contributed by atoms with Gasteiger partial charge in [-0.1, -0.05) is 34.8 Å². The summed E-state index contributed by atoms with van der Waals surface area (Å²) in [6, 6.07) is 19.1. The van der Waals surface area contributed by atoms with Gasteiger partial charge in [-0.3, -0.25) is 0 Å². The molecule has 0 saturated carbocycles. The van der Waals surface area contributed by atoms with Crippen molar-refractivity contribution in [3.63, 3.8) is 0 Å². The summed E-state index contributed by atoms with van der Waals surface area (Å²) in [6.45, 7) is 0. The summed E-state index contributed by atoms with van der Waals surface area (Å²) in [4.78, 5) is 0. The minimum atomic E-state index is 0. The summed E-state index contributed by atoms with van der Waals surface area (Å²) < 4.78 is 3.19. The molecule has 0 radical (unpaired) electrons. The van der Waals surface area contributed by atoms with E-state index >= 15 is 0 Å². The zero-order valence-corrected chi connectivity index (χ0v) is 20.7. The van der Waals surface area contributed by atoms with Crippen LogP contribution in [0, 0.1) is 0 Å². The van der Waals surface area contributed by atoms with E-state index in [0.717, 1.165) is 0 Å². The molecule has 0 atom stereocenters. The molecule has 0 aromatic heterocycles. The molecule has 4 nitrogen and oxygen atoms in total. The van der Waals surface area contributed by atoms with Crippen LogP contribution in [0.25, 0.3) is 0 Å². The first-order valence-corrected chi connectivity index (χ1v) is 8.76. The van der Waals surface area contributed by atoms with E-state index in [-0.39, 0.29) is 38.3 Å². The van der Waals surface area contributed by atoms with Crippen LogP contribution >= 0.6 is 58.5 Å². The Morgan fingerprint density at radius 3 is 0.714 bits per heavy atom. The van der Waals surface area contributed by atoms with E-state index in [0.29, 0.717) is 15.1 Å². The minimum absolute atomic E-state index is 0. The van der Waals surface area contributed by atoms with Gasteiger partial charge in [0, 0.05) is 36.1 Å².